The van der Waals surface area contributed by atoms with Crippen LogP contribution in [-0.2, 0) is 4.79 Å². The molecule has 2 heterocycles. The number of nitrogens with zero attached hydrogens (tertiary/aromatic N) is 2. The van der Waals surface area contributed by atoms with Gasteiger partial charge in [0.15, 0.2) is 23.9 Å². The maximum absolute atomic E-state index is 12.6. The molecule has 1 aromatic carbocycles. The molecule has 0 spiro atoms. The molecule has 2 aromatic rings. The van der Waals surface area contributed by atoms with Gasteiger partial charge >= 0.3 is 0 Å². The number of H-pyrrole nitrogens is 1. The van der Waals surface area contributed by atoms with E-state index >= 15 is 0 Å². The highest BCUT2D eigenvalue weighted by Crippen LogP contribution is 2.45. The Morgan fingerprint density at radius 1 is 1.41 bits per heavy atom. The van der Waals surface area contributed by atoms with E-state index in [0.717, 1.165) is 10.6 Å². The smallest absolute Gasteiger partial charge is 0.271 e. The van der Waals surface area contributed by atoms with E-state index in [4.69, 9.17) is 15.2 Å². The van der Waals surface area contributed by atoms with Crippen molar-refractivity contribution in [2.75, 3.05) is 13.7 Å². The summed E-state index contributed by atoms with van der Waals surface area (Å²) >= 11 is 1.51. The highest BCUT2D eigenvalue weighted by molar-refractivity contribution is 8.14. The first-order chi connectivity index (χ1) is 12.8. The van der Waals surface area contributed by atoms with E-state index in [2.05, 4.69) is 10.1 Å². The lowest BCUT2D eigenvalue weighted by atomic mass is 10.1. The molecule has 144 valence electrons. The highest BCUT2D eigenvalue weighted by atomic mass is 32.2. The minimum atomic E-state index is -0.568. The zero-order valence-electron chi connectivity index (χ0n) is 15.6. The Bertz CT molecular complexity index is 961. The Morgan fingerprint density at radius 2 is 2.15 bits per heavy atom. The number of aromatic nitrogens is 2. The summed E-state index contributed by atoms with van der Waals surface area (Å²) in [6.45, 7) is 5.67. The number of hydrogen-bond acceptors (Lipinski definition) is 6. The molecule has 0 aliphatic carbocycles. The van der Waals surface area contributed by atoms with E-state index < -0.39 is 5.91 Å². The zero-order valence-corrected chi connectivity index (χ0v) is 16.4. The second-order valence-electron chi connectivity index (χ2n) is 6.44. The van der Waals surface area contributed by atoms with E-state index in [0.29, 0.717) is 22.9 Å². The average Bonchev–Trinajstić information content (AvgIpc) is 2.95. The van der Waals surface area contributed by atoms with Crippen LogP contribution in [0.4, 0.5) is 5.82 Å². The molecule has 9 heteroatoms. The monoisotopic (exact) mass is 390 g/mol. The largest absolute Gasteiger partial charge is 0.493 e. The highest BCUT2D eigenvalue weighted by Gasteiger charge is 2.31. The van der Waals surface area contributed by atoms with Crippen LogP contribution in [0.1, 0.15) is 43.2 Å². The molecule has 0 saturated heterocycles. The summed E-state index contributed by atoms with van der Waals surface area (Å²) in [5, 5.41) is 3.53. The zero-order chi connectivity index (χ0) is 19.7. The Kier molecular flexibility index (Phi) is 5.31. The van der Waals surface area contributed by atoms with Crippen LogP contribution in [0.3, 0.4) is 0 Å². The predicted octanol–water partition coefficient (Wildman–Crippen LogP) is 2.52. The summed E-state index contributed by atoms with van der Waals surface area (Å²) < 4.78 is 12.6. The minimum absolute atomic E-state index is 0.0841. The number of nitrogens with two attached hydrogens (primary N) is 1. The van der Waals surface area contributed by atoms with Gasteiger partial charge in [0, 0.05) is 6.04 Å². The molecular formula is C18H22N4O4S. The van der Waals surface area contributed by atoms with Crippen LogP contribution in [-0.4, -0.2) is 34.4 Å². The number of methoxy groups -OCH3 is 1. The Balaban J connectivity index is 2.04. The Morgan fingerprint density at radius 3 is 2.78 bits per heavy atom. The lowest BCUT2D eigenvalue weighted by Crippen LogP contribution is -2.20. The molecule has 1 atom stereocenters. The van der Waals surface area contributed by atoms with Crippen molar-refractivity contribution in [3.05, 3.63) is 39.7 Å². The summed E-state index contributed by atoms with van der Waals surface area (Å²) in [7, 11) is 1.52. The molecule has 0 bridgehead atoms. The van der Waals surface area contributed by atoms with Crippen LogP contribution in [0.5, 0.6) is 11.5 Å². The number of rotatable bonds is 6. The lowest BCUT2D eigenvalue weighted by molar-refractivity contribution is -0.119. The fraction of sp³-hybridized carbons (Fsp3) is 0.389. The number of aromatic amines is 1. The lowest BCUT2D eigenvalue weighted by Gasteiger charge is -2.22. The number of primary amides is 1. The maximum Gasteiger partial charge on any atom is 0.271 e. The standard InChI is InChI=1S/C18H22N4O4S/c1-9(2)22-17-15(18(24)21-22)16(27-10(3)20-17)11-5-6-12(13(7-11)25-4)26-8-14(19)23/h5-7,9,16H,8H2,1-4H3,(H2,19,23)(H,21,24). The third kappa shape index (κ3) is 3.73. The number of amides is 1. The molecule has 3 N–H and O–H groups in total. The second kappa shape index (κ2) is 7.51. The van der Waals surface area contributed by atoms with Crippen LogP contribution < -0.4 is 20.8 Å². The van der Waals surface area contributed by atoms with Crippen molar-refractivity contribution < 1.29 is 14.3 Å². The molecule has 0 fully saturated rings. The molecule has 1 amide bonds. The third-order valence-electron chi connectivity index (χ3n) is 4.13. The second-order valence-corrected chi connectivity index (χ2v) is 7.73. The van der Waals surface area contributed by atoms with Gasteiger partial charge in [0.25, 0.3) is 11.5 Å². The Labute approximate surface area is 160 Å². The molecule has 1 aliphatic heterocycles. The summed E-state index contributed by atoms with van der Waals surface area (Å²) in [5.41, 5.74) is 6.47. The summed E-state index contributed by atoms with van der Waals surface area (Å²) in [4.78, 5) is 28.1. The number of hydrogen-bond donors (Lipinski definition) is 2. The van der Waals surface area contributed by atoms with Crippen molar-refractivity contribution in [3.8, 4) is 11.5 Å². The molecular weight excluding hydrogens is 368 g/mol. The number of carbonyl (C=O) groups is 1. The Hall–Kier alpha value is -2.68. The molecule has 3 rings (SSSR count). The summed E-state index contributed by atoms with van der Waals surface area (Å²) in [6, 6.07) is 5.46. The van der Waals surface area contributed by atoms with Crippen molar-refractivity contribution in [1.82, 2.24) is 9.78 Å². The number of nitrogens with one attached hydrogen (secondary N) is 1. The molecule has 0 saturated carbocycles. The minimum Gasteiger partial charge on any atom is -0.493 e. The van der Waals surface area contributed by atoms with Crippen LogP contribution in [0.2, 0.25) is 0 Å². The van der Waals surface area contributed by atoms with Gasteiger partial charge < -0.3 is 15.2 Å². The number of carbonyl (C=O) groups excluding carboxylic acids is 1. The number of aliphatic imine (C=N–C) groups is 1. The van der Waals surface area contributed by atoms with E-state index in [1.807, 2.05) is 32.9 Å². The maximum atomic E-state index is 12.6. The van der Waals surface area contributed by atoms with Crippen LogP contribution in [0, 0.1) is 0 Å². The molecule has 1 aliphatic rings. The first kappa shape index (κ1) is 19.1. The van der Waals surface area contributed by atoms with Crippen molar-refractivity contribution in [2.24, 2.45) is 10.7 Å². The average molecular weight is 390 g/mol. The van der Waals surface area contributed by atoms with E-state index in [-0.39, 0.29) is 23.5 Å². The van der Waals surface area contributed by atoms with Gasteiger partial charge in [-0.25, -0.2) is 4.99 Å². The summed E-state index contributed by atoms with van der Waals surface area (Å²) in [6.07, 6.45) is 0. The van der Waals surface area contributed by atoms with Crippen molar-refractivity contribution in [3.63, 3.8) is 0 Å². The van der Waals surface area contributed by atoms with Gasteiger partial charge in [0.2, 0.25) is 0 Å². The molecule has 1 unspecified atom stereocenters. The molecule has 8 nitrogen and oxygen atoms in total. The van der Waals surface area contributed by atoms with Crippen molar-refractivity contribution in [1.29, 1.82) is 0 Å². The van der Waals surface area contributed by atoms with Gasteiger partial charge in [-0.15, -0.1) is 0 Å². The van der Waals surface area contributed by atoms with E-state index in [1.165, 1.54) is 18.9 Å². The van der Waals surface area contributed by atoms with Crippen LogP contribution in [0.25, 0.3) is 0 Å². The first-order valence-electron chi connectivity index (χ1n) is 8.47. The van der Waals surface area contributed by atoms with Gasteiger partial charge in [-0.05, 0) is 38.5 Å². The number of ether oxygens (including phenoxy) is 2. The van der Waals surface area contributed by atoms with Crippen LogP contribution in [0.15, 0.2) is 28.0 Å². The van der Waals surface area contributed by atoms with Gasteiger partial charge in [0.05, 0.1) is 23.0 Å². The van der Waals surface area contributed by atoms with Gasteiger partial charge in [-0.3, -0.25) is 19.4 Å². The fourth-order valence-corrected chi connectivity index (χ4v) is 4.03. The van der Waals surface area contributed by atoms with E-state index in [1.54, 1.807) is 10.7 Å². The number of thioether (sulfide) groups is 1. The molecule has 0 radical (unpaired) electrons. The quantitative estimate of drug-likeness (QED) is 0.787. The van der Waals surface area contributed by atoms with Crippen molar-refractivity contribution >= 4 is 28.5 Å². The van der Waals surface area contributed by atoms with Gasteiger partial charge in [0.1, 0.15) is 0 Å². The van der Waals surface area contributed by atoms with Crippen LogP contribution >= 0.6 is 11.8 Å². The number of fused-ring (bicyclic) bond motifs is 1. The fourth-order valence-electron chi connectivity index (χ4n) is 2.93. The number of benzene rings is 1. The summed E-state index contributed by atoms with van der Waals surface area (Å²) in [5.74, 6) is 0.974. The first-order valence-corrected chi connectivity index (χ1v) is 9.35. The molecule has 1 aromatic heterocycles. The topological polar surface area (TPSA) is 112 Å². The molecule has 27 heavy (non-hydrogen) atoms. The third-order valence-corrected chi connectivity index (χ3v) is 5.30. The predicted molar refractivity (Wildman–Crippen MR) is 105 cm³/mol. The van der Waals surface area contributed by atoms with Crippen molar-refractivity contribution in [2.45, 2.75) is 32.1 Å². The van der Waals surface area contributed by atoms with Gasteiger partial charge in [-0.2, -0.15) is 0 Å². The van der Waals surface area contributed by atoms with Gasteiger partial charge in [-0.1, -0.05) is 17.8 Å². The SMILES string of the molecule is COc1cc(C2SC(C)=Nc3c2c(=O)[nH]n3C(C)C)ccc1OCC(N)=O. The normalized spacial score (nSPS) is 16.0. The van der Waals surface area contributed by atoms with E-state index in [9.17, 15) is 9.59 Å².